The highest BCUT2D eigenvalue weighted by molar-refractivity contribution is 5.83. The molecule has 1 rings (SSSR count). The predicted molar refractivity (Wildman–Crippen MR) is 58.1 cm³/mol. The van der Waals surface area contributed by atoms with Crippen LogP contribution >= 0.6 is 0 Å². The lowest BCUT2D eigenvalue weighted by molar-refractivity contribution is -0.165. The maximum Gasteiger partial charge on any atom is 0.335 e. The van der Waals surface area contributed by atoms with E-state index in [1.807, 2.05) is 30.3 Å². The van der Waals surface area contributed by atoms with Gasteiger partial charge in [0.2, 0.25) is 0 Å². The maximum atomic E-state index is 9.77. The van der Waals surface area contributed by atoms with Crippen LogP contribution in [0.15, 0.2) is 30.3 Å². The number of rotatable bonds is 3. The van der Waals surface area contributed by atoms with Gasteiger partial charge in [-0.15, -0.1) is 0 Å². The van der Waals surface area contributed by atoms with Gasteiger partial charge >= 0.3 is 11.9 Å². The molecule has 0 saturated heterocycles. The summed E-state index contributed by atoms with van der Waals surface area (Å²) in [6.07, 6.45) is -4.53. The first-order valence-electron chi connectivity index (χ1n) is 4.48. The molecule has 2 atom stereocenters. The fourth-order valence-corrected chi connectivity index (χ4v) is 0.723. The zero-order valence-electron chi connectivity index (χ0n) is 8.72. The van der Waals surface area contributed by atoms with E-state index >= 15 is 0 Å². The average Bonchev–Trinajstić information content (AvgIpc) is 2.28. The smallest absolute Gasteiger partial charge is 0.335 e. The third kappa shape index (κ3) is 6.13. The Morgan fingerprint density at radius 3 is 1.47 bits per heavy atom. The average molecular weight is 243 g/mol. The fraction of sp³-hybridized carbons (Fsp3) is 0.200. The first-order valence-corrected chi connectivity index (χ1v) is 4.48. The Bertz CT molecular complexity index is 348. The van der Waals surface area contributed by atoms with Crippen LogP contribution in [0, 0.1) is 0 Å². The number of carboxylic acid groups (broad SMARTS) is 2. The summed E-state index contributed by atoms with van der Waals surface area (Å²) in [5, 5.41) is 32.5. The van der Waals surface area contributed by atoms with Crippen LogP contribution in [0.3, 0.4) is 0 Å². The Hall–Kier alpha value is -2.12. The number of nitrogen functional groups attached to an aromatic ring is 1. The van der Waals surface area contributed by atoms with Crippen LogP contribution in [0.2, 0.25) is 0 Å². The van der Waals surface area contributed by atoms with Crippen LogP contribution in [-0.4, -0.2) is 44.6 Å². The van der Waals surface area contributed by atoms with E-state index in [-0.39, 0.29) is 0 Å². The number of aliphatic hydroxyl groups is 2. The lowest BCUT2D eigenvalue weighted by Crippen LogP contribution is -2.39. The van der Waals surface area contributed by atoms with Gasteiger partial charge in [0, 0.05) is 5.69 Å². The van der Waals surface area contributed by atoms with Gasteiger partial charge in [-0.2, -0.15) is 0 Å². The van der Waals surface area contributed by atoms with Crippen molar-refractivity contribution < 1.29 is 30.0 Å². The highest BCUT2D eigenvalue weighted by Crippen LogP contribution is 1.96. The van der Waals surface area contributed by atoms with Gasteiger partial charge in [-0.05, 0) is 12.1 Å². The van der Waals surface area contributed by atoms with Gasteiger partial charge in [0.25, 0.3) is 0 Å². The molecule has 7 heteroatoms. The summed E-state index contributed by atoms with van der Waals surface area (Å²) < 4.78 is 0. The van der Waals surface area contributed by atoms with Crippen LogP contribution in [0.1, 0.15) is 0 Å². The van der Waals surface area contributed by atoms with Crippen LogP contribution in [-0.2, 0) is 9.59 Å². The lowest BCUT2D eigenvalue weighted by atomic mass is 10.2. The van der Waals surface area contributed by atoms with Crippen LogP contribution in [0.4, 0.5) is 5.69 Å². The molecule has 0 aromatic heterocycles. The predicted octanol–water partition coefficient (Wildman–Crippen LogP) is -0.854. The monoisotopic (exact) mass is 243 g/mol. The standard InChI is InChI=1S/C6H7N.C4H6O6/c7-6-4-2-1-3-5-6;5-1(3(7)8)2(6)4(9)10/h1-5H,7H2;1-2,5-6H,(H,7,8)(H,9,10). The molecular formula is C10H13NO6. The number of anilines is 1. The Balaban J connectivity index is 0.000000318. The van der Waals surface area contributed by atoms with Crippen LogP contribution in [0.5, 0.6) is 0 Å². The van der Waals surface area contributed by atoms with Crippen molar-refractivity contribution in [2.45, 2.75) is 12.2 Å². The second-order valence-electron chi connectivity index (χ2n) is 2.98. The molecule has 0 aliphatic heterocycles. The van der Waals surface area contributed by atoms with Crippen molar-refractivity contribution in [2.75, 3.05) is 5.73 Å². The van der Waals surface area contributed by atoms with Gasteiger partial charge < -0.3 is 26.2 Å². The lowest BCUT2D eigenvalue weighted by Gasteiger charge is -2.07. The van der Waals surface area contributed by atoms with E-state index in [9.17, 15) is 9.59 Å². The summed E-state index contributed by atoms with van der Waals surface area (Å²) >= 11 is 0. The highest BCUT2D eigenvalue weighted by Gasteiger charge is 2.29. The maximum absolute atomic E-state index is 9.77. The van der Waals surface area contributed by atoms with Crippen LogP contribution in [0.25, 0.3) is 0 Å². The SMILES string of the molecule is Nc1ccccc1.O=C(O)C(O)C(O)C(=O)O. The van der Waals surface area contributed by atoms with Crippen molar-refractivity contribution in [3.8, 4) is 0 Å². The van der Waals surface area contributed by atoms with Gasteiger partial charge in [0.15, 0.2) is 12.2 Å². The fourth-order valence-electron chi connectivity index (χ4n) is 0.723. The first-order chi connectivity index (χ1) is 7.86. The van der Waals surface area contributed by atoms with E-state index in [4.69, 9.17) is 26.2 Å². The third-order valence-corrected chi connectivity index (χ3v) is 1.60. The zero-order chi connectivity index (χ0) is 13.4. The van der Waals surface area contributed by atoms with Gasteiger partial charge in [-0.3, -0.25) is 0 Å². The minimum Gasteiger partial charge on any atom is -0.479 e. The van der Waals surface area contributed by atoms with Crippen molar-refractivity contribution in [3.63, 3.8) is 0 Å². The minimum atomic E-state index is -2.27. The molecule has 0 radical (unpaired) electrons. The molecule has 0 amide bonds. The molecule has 17 heavy (non-hydrogen) atoms. The molecule has 1 aromatic carbocycles. The number of aliphatic hydroxyl groups excluding tert-OH is 2. The van der Waals surface area contributed by atoms with Gasteiger partial charge in [0.05, 0.1) is 0 Å². The quantitative estimate of drug-likeness (QED) is 0.435. The third-order valence-electron chi connectivity index (χ3n) is 1.60. The van der Waals surface area contributed by atoms with E-state index in [2.05, 4.69) is 0 Å². The number of aliphatic carboxylic acids is 2. The normalized spacial score (nSPS) is 12.8. The summed E-state index contributed by atoms with van der Waals surface area (Å²) in [5.41, 5.74) is 6.18. The summed E-state index contributed by atoms with van der Waals surface area (Å²) in [7, 11) is 0. The summed E-state index contributed by atoms with van der Waals surface area (Å²) in [5.74, 6) is -3.54. The number of carboxylic acids is 2. The highest BCUT2D eigenvalue weighted by atomic mass is 16.4. The number of nitrogens with two attached hydrogens (primary N) is 1. The molecule has 2 unspecified atom stereocenters. The number of hydrogen-bond acceptors (Lipinski definition) is 5. The number of benzene rings is 1. The van der Waals surface area contributed by atoms with E-state index in [1.54, 1.807) is 0 Å². The molecule has 0 heterocycles. The Labute approximate surface area is 96.7 Å². The molecule has 6 N–H and O–H groups in total. The molecule has 94 valence electrons. The van der Waals surface area contributed by atoms with Gasteiger partial charge in [0.1, 0.15) is 0 Å². The van der Waals surface area contributed by atoms with E-state index < -0.39 is 24.1 Å². The number of para-hydroxylation sites is 1. The first kappa shape index (κ1) is 14.9. The summed E-state index contributed by atoms with van der Waals surface area (Å²) in [4.78, 5) is 19.5. The Kier molecular flexibility index (Phi) is 6.30. The topological polar surface area (TPSA) is 141 Å². The summed E-state index contributed by atoms with van der Waals surface area (Å²) in [6, 6.07) is 9.49. The van der Waals surface area contributed by atoms with E-state index in [1.165, 1.54) is 0 Å². The van der Waals surface area contributed by atoms with Gasteiger partial charge in [-0.25, -0.2) is 9.59 Å². The summed E-state index contributed by atoms with van der Waals surface area (Å²) in [6.45, 7) is 0. The van der Waals surface area contributed by atoms with Crippen molar-refractivity contribution in [1.29, 1.82) is 0 Å². The van der Waals surface area contributed by atoms with E-state index in [0.29, 0.717) is 0 Å². The van der Waals surface area contributed by atoms with Crippen molar-refractivity contribution in [3.05, 3.63) is 30.3 Å². The van der Waals surface area contributed by atoms with Gasteiger partial charge in [-0.1, -0.05) is 18.2 Å². The van der Waals surface area contributed by atoms with Crippen molar-refractivity contribution in [1.82, 2.24) is 0 Å². The molecular weight excluding hydrogens is 230 g/mol. The molecule has 0 aliphatic rings. The second-order valence-corrected chi connectivity index (χ2v) is 2.98. The molecule has 0 aliphatic carbocycles. The largest absolute Gasteiger partial charge is 0.479 e. The molecule has 7 nitrogen and oxygen atoms in total. The van der Waals surface area contributed by atoms with Crippen LogP contribution < -0.4 is 5.73 Å². The molecule has 0 spiro atoms. The molecule has 0 fully saturated rings. The molecule has 0 saturated carbocycles. The zero-order valence-corrected chi connectivity index (χ0v) is 8.72. The molecule has 0 bridgehead atoms. The molecule has 1 aromatic rings. The number of carbonyl (C=O) groups is 2. The number of hydrogen-bond donors (Lipinski definition) is 5. The van der Waals surface area contributed by atoms with Crippen molar-refractivity contribution >= 4 is 17.6 Å². The second kappa shape index (κ2) is 7.20. The van der Waals surface area contributed by atoms with E-state index in [0.717, 1.165) is 5.69 Å². The van der Waals surface area contributed by atoms with Crippen molar-refractivity contribution in [2.24, 2.45) is 0 Å². The minimum absolute atomic E-state index is 0.822. The Morgan fingerprint density at radius 2 is 1.29 bits per heavy atom. The Morgan fingerprint density at radius 1 is 0.941 bits per heavy atom.